The largest absolute Gasteiger partial charge is 2.00 e. The molecule has 0 unspecified atom stereocenters. The third-order valence-corrected chi connectivity index (χ3v) is 15.9. The smallest absolute Gasteiger partial charge is 1.00 e. The number of alkyl halides is 8. The van der Waals surface area contributed by atoms with Crippen LogP contribution in [0.4, 0.5) is 23.3 Å². The third kappa shape index (κ3) is 29.0. The van der Waals surface area contributed by atoms with Gasteiger partial charge in [-0.1, -0.05) is 232 Å². The van der Waals surface area contributed by atoms with Crippen LogP contribution in [-0.2, 0) is 40.8 Å². The van der Waals surface area contributed by atoms with Gasteiger partial charge in [-0.3, -0.25) is 0 Å². The van der Waals surface area contributed by atoms with Gasteiger partial charge in [0.2, 0.25) is 11.9 Å². The van der Waals surface area contributed by atoms with Gasteiger partial charge in [-0.15, -0.1) is 92.8 Å². The SMILES string of the molecule is C/C(=N\c1n(-c2c(C(C)C)cccc2C(C)C)cc[n+]1-c1c(C(C)C)cccc1C(C)C)[N-]c1c(C)cccc1C.C/C(=N\c1n(-c2c(C(C)C)cccc2C(C)C)cc[n+]1-c1c(C(C)C)cccc1C(C)C)[N-]c1c(C)cccc1C.ClCCl.ClCCl.ClCCl.ClCCl.[Cl-].[Cl-].[Cl-].[Cl-].[Pd+2].[Pd+2]. The number of imidazole rings is 2. The predicted molar refractivity (Wildman–Crippen MR) is 417 cm³/mol. The summed E-state index contributed by atoms with van der Waals surface area (Å²) in [7, 11) is 0. The molecular weight excluding hydrogens is 1690 g/mol. The molecule has 8 aromatic rings. The van der Waals surface area contributed by atoms with Crippen molar-refractivity contribution in [1.82, 2.24) is 9.13 Å². The maximum absolute atomic E-state index is 5.33. The Morgan fingerprint density at radius 3 is 0.710 bits per heavy atom. The Morgan fingerprint density at radius 1 is 0.340 bits per heavy atom. The van der Waals surface area contributed by atoms with Crippen LogP contribution in [0.3, 0.4) is 0 Å². The number of hydrogen-bond donors (Lipinski definition) is 0. The molecular formula is C78H104Cl12N8Pd2. The topological polar surface area (TPSA) is 70.5 Å². The quantitative estimate of drug-likeness (QED) is 0.0304. The molecule has 8 nitrogen and oxygen atoms in total. The van der Waals surface area contributed by atoms with E-state index in [-0.39, 0.29) is 112 Å². The molecule has 0 radical (unpaired) electrons. The van der Waals surface area contributed by atoms with E-state index in [0.717, 1.165) is 57.2 Å². The Kier molecular flexibility index (Phi) is 54.5. The first kappa shape index (κ1) is 104. The molecule has 0 bridgehead atoms. The van der Waals surface area contributed by atoms with E-state index < -0.39 is 0 Å². The van der Waals surface area contributed by atoms with Crippen LogP contribution in [-0.4, -0.2) is 42.2 Å². The van der Waals surface area contributed by atoms with Gasteiger partial charge in [-0.2, -0.15) is 0 Å². The summed E-state index contributed by atoms with van der Waals surface area (Å²) in [6.45, 7) is 48.9. The number of benzene rings is 6. The minimum atomic E-state index is 0. The van der Waals surface area contributed by atoms with E-state index in [9.17, 15) is 0 Å². The fourth-order valence-electron chi connectivity index (χ4n) is 11.5. The zero-order valence-corrected chi connectivity index (χ0v) is 74.1. The van der Waals surface area contributed by atoms with E-state index in [1.807, 2.05) is 13.8 Å². The average Bonchev–Trinajstić information content (AvgIpc) is 1.56. The maximum Gasteiger partial charge on any atom is 2.00 e. The molecule has 0 spiro atoms. The van der Waals surface area contributed by atoms with E-state index in [1.54, 1.807) is 0 Å². The van der Waals surface area contributed by atoms with Crippen molar-refractivity contribution in [3.05, 3.63) is 211 Å². The van der Waals surface area contributed by atoms with Gasteiger partial charge in [0.15, 0.2) is 0 Å². The van der Waals surface area contributed by atoms with Crippen molar-refractivity contribution in [2.75, 3.05) is 21.4 Å². The minimum absolute atomic E-state index is 0. The second-order valence-corrected chi connectivity index (χ2v) is 28.7. The first-order valence-electron chi connectivity index (χ1n) is 32.4. The summed E-state index contributed by atoms with van der Waals surface area (Å²) < 4.78 is 9.20. The predicted octanol–water partition coefficient (Wildman–Crippen LogP) is 14.9. The monoisotopic (exact) mass is 1780 g/mol. The number of amidine groups is 2. The first-order chi connectivity index (χ1) is 44.5. The molecule has 0 aliphatic carbocycles. The van der Waals surface area contributed by atoms with Crippen molar-refractivity contribution < 1.29 is 99.6 Å². The van der Waals surface area contributed by atoms with Gasteiger partial charge in [-0.25, -0.2) is 18.3 Å². The van der Waals surface area contributed by atoms with E-state index in [2.05, 4.69) is 291 Å². The standard InChI is InChI=1S/2C37H48N4.4CH2Cl2.4ClH.2Pd/c2*1-23(2)30-17-13-18-31(24(3)4)35(30)40-21-22-41(36-32(25(5)6)19-14-20-33(36)26(7)8)37(40)39-29(11)38-34-27(9)15-12-16-28(34)10;4*2-1-3;;;;;;/h2*12-26H,1-11H3;4*1H2;4*1H;;/q;;;;;;;;;;2*+2/p-4. The zero-order chi connectivity index (χ0) is 70.8. The second-order valence-electron chi connectivity index (χ2n) is 25.5. The van der Waals surface area contributed by atoms with Crippen LogP contribution in [0.15, 0.2) is 144 Å². The maximum atomic E-state index is 5.33. The fraction of sp³-hybridized carbons (Fsp3) is 0.436. The van der Waals surface area contributed by atoms with Crippen molar-refractivity contribution in [2.45, 2.75) is 200 Å². The molecule has 0 fully saturated rings. The summed E-state index contributed by atoms with van der Waals surface area (Å²) in [4.78, 5) is 10.7. The summed E-state index contributed by atoms with van der Waals surface area (Å²) in [5.41, 5.74) is 22.1. The number of aliphatic imine (C=N–C) groups is 2. The Balaban J connectivity index is -0.000000756. The summed E-state index contributed by atoms with van der Waals surface area (Å²) in [5, 5.41) is 10.9. The van der Waals surface area contributed by atoms with Crippen LogP contribution >= 0.6 is 92.8 Å². The van der Waals surface area contributed by atoms with Gasteiger partial charge in [0.25, 0.3) is 0 Å². The van der Waals surface area contributed by atoms with Gasteiger partial charge < -0.3 is 70.2 Å². The Hall–Kier alpha value is -2.52. The van der Waals surface area contributed by atoms with Crippen LogP contribution in [0.2, 0.25) is 0 Å². The van der Waals surface area contributed by atoms with Gasteiger partial charge in [0.1, 0.15) is 22.7 Å². The summed E-state index contributed by atoms with van der Waals surface area (Å²) in [6, 6.07) is 39.5. The fourth-order valence-corrected chi connectivity index (χ4v) is 11.5. The molecule has 0 aliphatic heterocycles. The molecule has 2 aromatic heterocycles. The van der Waals surface area contributed by atoms with Crippen LogP contribution in [0.25, 0.3) is 33.4 Å². The van der Waals surface area contributed by atoms with Crippen molar-refractivity contribution >= 4 is 128 Å². The molecule has 0 saturated heterocycles. The van der Waals surface area contributed by atoms with Crippen LogP contribution < -0.4 is 58.8 Å². The summed E-state index contributed by atoms with van der Waals surface area (Å²) in [6.07, 6.45) is 8.78. The van der Waals surface area contributed by atoms with E-state index in [4.69, 9.17) is 113 Å². The van der Waals surface area contributed by atoms with Crippen molar-refractivity contribution in [3.63, 3.8) is 0 Å². The van der Waals surface area contributed by atoms with E-state index in [0.29, 0.717) is 47.3 Å². The van der Waals surface area contributed by atoms with Gasteiger partial charge >= 0.3 is 40.8 Å². The number of hydrogen-bond acceptors (Lipinski definition) is 2. The number of aromatic nitrogens is 4. The van der Waals surface area contributed by atoms with E-state index in [1.165, 1.54) is 67.3 Å². The molecule has 2 heterocycles. The van der Waals surface area contributed by atoms with Gasteiger partial charge in [0, 0.05) is 0 Å². The number of nitrogens with zero attached hydrogens (tertiary/aromatic N) is 8. The van der Waals surface area contributed by atoms with Crippen LogP contribution in [0.1, 0.15) is 239 Å². The van der Waals surface area contributed by atoms with Crippen molar-refractivity contribution in [2.24, 2.45) is 9.98 Å². The Labute approximate surface area is 694 Å². The summed E-state index contributed by atoms with van der Waals surface area (Å²) in [5.74, 6) is 6.13. The van der Waals surface area contributed by atoms with Gasteiger partial charge in [-0.05, 0) is 167 Å². The van der Waals surface area contributed by atoms with Gasteiger partial charge in [0.05, 0.1) is 46.1 Å². The average molecular weight is 1790 g/mol. The first-order valence-corrected chi connectivity index (χ1v) is 36.7. The second kappa shape index (κ2) is 52.5. The summed E-state index contributed by atoms with van der Waals surface area (Å²) >= 11 is 38.1. The normalized spacial score (nSPS) is 10.8. The molecule has 0 N–H and O–H groups in total. The number of para-hydroxylation sites is 6. The molecule has 0 amide bonds. The number of aryl methyl sites for hydroxylation is 4. The molecule has 0 aliphatic rings. The Morgan fingerprint density at radius 2 is 0.520 bits per heavy atom. The van der Waals surface area contributed by atoms with Crippen molar-refractivity contribution in [3.8, 4) is 22.7 Å². The van der Waals surface area contributed by atoms with E-state index >= 15 is 0 Å². The molecule has 0 saturated carbocycles. The molecule has 6 aromatic carbocycles. The molecule has 100 heavy (non-hydrogen) atoms. The number of rotatable bonds is 16. The molecule has 22 heteroatoms. The Bertz CT molecular complexity index is 3160. The van der Waals surface area contributed by atoms with Crippen LogP contribution in [0.5, 0.6) is 0 Å². The molecule has 0 atom stereocenters. The van der Waals surface area contributed by atoms with Crippen LogP contribution in [0, 0.1) is 27.7 Å². The molecule has 8 rings (SSSR count). The zero-order valence-electron chi connectivity index (χ0n) is 61.9. The number of halogens is 12. The minimum Gasteiger partial charge on any atom is -1.00 e. The molecule has 560 valence electrons. The van der Waals surface area contributed by atoms with Crippen molar-refractivity contribution in [1.29, 1.82) is 0 Å². The third-order valence-electron chi connectivity index (χ3n) is 15.9.